The molecule has 2 unspecified atom stereocenters. The van der Waals surface area contributed by atoms with Crippen molar-refractivity contribution in [2.24, 2.45) is 0 Å². The summed E-state index contributed by atoms with van der Waals surface area (Å²) in [5, 5.41) is 3.28. The van der Waals surface area contributed by atoms with Crippen molar-refractivity contribution in [1.82, 2.24) is 5.32 Å². The Morgan fingerprint density at radius 3 is 2.38 bits per heavy atom. The van der Waals surface area contributed by atoms with Crippen LogP contribution in [0.5, 0.6) is 0 Å². The van der Waals surface area contributed by atoms with E-state index in [0.717, 1.165) is 11.3 Å². The molecule has 1 aromatic carbocycles. The van der Waals surface area contributed by atoms with Gasteiger partial charge >= 0.3 is 11.9 Å². The summed E-state index contributed by atoms with van der Waals surface area (Å²) in [6, 6.07) is 9.27. The van der Waals surface area contributed by atoms with Crippen molar-refractivity contribution >= 4 is 11.9 Å². The lowest BCUT2D eigenvalue weighted by Crippen LogP contribution is -2.56. The summed E-state index contributed by atoms with van der Waals surface area (Å²) in [4.78, 5) is 25.3. The monoisotopic (exact) mass is 331 g/mol. The number of carbonyl (C=O) groups is 2. The molecule has 2 atom stereocenters. The van der Waals surface area contributed by atoms with Crippen LogP contribution in [-0.2, 0) is 24.5 Å². The fourth-order valence-electron chi connectivity index (χ4n) is 3.26. The van der Waals surface area contributed by atoms with Crippen LogP contribution in [0.15, 0.2) is 41.6 Å². The zero-order chi connectivity index (χ0) is 17.7. The number of carbonyl (C=O) groups excluding carboxylic acids is 2. The van der Waals surface area contributed by atoms with E-state index in [4.69, 9.17) is 9.47 Å². The van der Waals surface area contributed by atoms with Crippen LogP contribution in [0.2, 0.25) is 0 Å². The SMILES string of the molecule is CCOC(=O)C1=C(C)NC(C)C(C(=O)OCC)(c2ccccc2)C1. The zero-order valence-corrected chi connectivity index (χ0v) is 14.7. The summed E-state index contributed by atoms with van der Waals surface area (Å²) in [6.45, 7) is 7.91. The van der Waals surface area contributed by atoms with E-state index in [2.05, 4.69) is 5.32 Å². The highest BCUT2D eigenvalue weighted by molar-refractivity contribution is 5.93. The van der Waals surface area contributed by atoms with Gasteiger partial charge in [-0.1, -0.05) is 30.3 Å². The largest absolute Gasteiger partial charge is 0.465 e. The van der Waals surface area contributed by atoms with Crippen molar-refractivity contribution in [3.63, 3.8) is 0 Å². The highest BCUT2D eigenvalue weighted by Crippen LogP contribution is 2.40. The molecule has 130 valence electrons. The topological polar surface area (TPSA) is 64.6 Å². The molecule has 0 radical (unpaired) electrons. The first-order valence-corrected chi connectivity index (χ1v) is 8.33. The molecule has 0 saturated carbocycles. The van der Waals surface area contributed by atoms with Crippen molar-refractivity contribution in [2.45, 2.75) is 45.6 Å². The predicted octanol–water partition coefficient (Wildman–Crippen LogP) is 2.71. The fourth-order valence-corrected chi connectivity index (χ4v) is 3.26. The van der Waals surface area contributed by atoms with Crippen LogP contribution in [-0.4, -0.2) is 31.2 Å². The third-order valence-electron chi connectivity index (χ3n) is 4.53. The molecule has 0 spiro atoms. The van der Waals surface area contributed by atoms with Crippen LogP contribution in [0.25, 0.3) is 0 Å². The van der Waals surface area contributed by atoms with E-state index in [1.54, 1.807) is 13.8 Å². The maximum atomic E-state index is 12.9. The molecule has 0 aliphatic carbocycles. The Morgan fingerprint density at radius 2 is 1.79 bits per heavy atom. The van der Waals surface area contributed by atoms with Gasteiger partial charge in [0.2, 0.25) is 0 Å². The minimum Gasteiger partial charge on any atom is -0.465 e. The Morgan fingerprint density at radius 1 is 1.17 bits per heavy atom. The van der Waals surface area contributed by atoms with Crippen LogP contribution < -0.4 is 5.32 Å². The minimum atomic E-state index is -0.959. The summed E-state index contributed by atoms with van der Waals surface area (Å²) >= 11 is 0. The van der Waals surface area contributed by atoms with Gasteiger partial charge in [-0.3, -0.25) is 4.79 Å². The molecular formula is C19H25NO4. The van der Waals surface area contributed by atoms with Crippen LogP contribution in [0.4, 0.5) is 0 Å². The number of allylic oxidation sites excluding steroid dienone is 1. The van der Waals surface area contributed by atoms with Crippen LogP contribution >= 0.6 is 0 Å². The minimum absolute atomic E-state index is 0.211. The summed E-state index contributed by atoms with van der Waals surface area (Å²) in [5.74, 6) is -0.718. The molecule has 1 aromatic rings. The van der Waals surface area contributed by atoms with Gasteiger partial charge in [0.15, 0.2) is 0 Å². The van der Waals surface area contributed by atoms with Gasteiger partial charge in [0.25, 0.3) is 0 Å². The number of hydrogen-bond donors (Lipinski definition) is 1. The van der Waals surface area contributed by atoms with E-state index in [-0.39, 0.29) is 31.0 Å². The molecule has 5 nitrogen and oxygen atoms in total. The number of esters is 2. The van der Waals surface area contributed by atoms with Gasteiger partial charge in [0.05, 0.1) is 18.8 Å². The third kappa shape index (κ3) is 3.16. The summed E-state index contributed by atoms with van der Waals surface area (Å²) in [5.41, 5.74) is 1.11. The molecule has 0 bridgehead atoms. The van der Waals surface area contributed by atoms with Crippen LogP contribution in [0, 0.1) is 0 Å². The maximum Gasteiger partial charge on any atom is 0.335 e. The van der Waals surface area contributed by atoms with Crippen molar-refractivity contribution in [3.05, 3.63) is 47.2 Å². The van der Waals surface area contributed by atoms with Crippen LogP contribution in [0.3, 0.4) is 0 Å². The van der Waals surface area contributed by atoms with E-state index in [1.807, 2.05) is 44.2 Å². The molecule has 0 amide bonds. The van der Waals surface area contributed by atoms with Crippen LogP contribution in [0.1, 0.15) is 39.7 Å². The summed E-state index contributed by atoms with van der Waals surface area (Å²) in [7, 11) is 0. The molecular weight excluding hydrogens is 306 g/mol. The van der Waals surface area contributed by atoms with Gasteiger partial charge in [-0.2, -0.15) is 0 Å². The van der Waals surface area contributed by atoms with Gasteiger partial charge in [-0.15, -0.1) is 0 Å². The summed E-state index contributed by atoms with van der Waals surface area (Å²) in [6.07, 6.45) is 0.259. The number of ether oxygens (including phenoxy) is 2. The van der Waals surface area contributed by atoms with Gasteiger partial charge in [0.1, 0.15) is 5.41 Å². The van der Waals surface area contributed by atoms with Gasteiger partial charge in [0, 0.05) is 18.2 Å². The number of nitrogens with one attached hydrogen (secondary N) is 1. The highest BCUT2D eigenvalue weighted by atomic mass is 16.5. The lowest BCUT2D eigenvalue weighted by Gasteiger charge is -2.42. The standard InChI is InChI=1S/C19H25NO4/c1-5-23-17(21)16-12-19(18(22)24-6-2,14(4)20-13(16)3)15-10-8-7-9-11-15/h7-11,14,20H,5-6,12H2,1-4H3. The molecule has 5 heteroatoms. The lowest BCUT2D eigenvalue weighted by atomic mass is 9.68. The molecule has 1 N–H and O–H groups in total. The maximum absolute atomic E-state index is 12.9. The molecule has 0 fully saturated rings. The first-order chi connectivity index (χ1) is 11.5. The second-order valence-corrected chi connectivity index (χ2v) is 5.92. The Hall–Kier alpha value is -2.30. The Balaban J connectivity index is 2.54. The average molecular weight is 331 g/mol. The van der Waals surface area contributed by atoms with Gasteiger partial charge < -0.3 is 14.8 Å². The van der Waals surface area contributed by atoms with E-state index in [9.17, 15) is 9.59 Å². The first kappa shape index (κ1) is 18.0. The number of rotatable bonds is 5. The van der Waals surface area contributed by atoms with Crippen molar-refractivity contribution in [1.29, 1.82) is 0 Å². The van der Waals surface area contributed by atoms with E-state index in [1.165, 1.54) is 0 Å². The highest BCUT2D eigenvalue weighted by Gasteiger charge is 2.50. The van der Waals surface area contributed by atoms with Gasteiger partial charge in [-0.25, -0.2) is 4.79 Å². The van der Waals surface area contributed by atoms with Crippen molar-refractivity contribution in [3.8, 4) is 0 Å². The van der Waals surface area contributed by atoms with Crippen molar-refractivity contribution < 1.29 is 19.1 Å². The summed E-state index contributed by atoms with van der Waals surface area (Å²) < 4.78 is 10.5. The van der Waals surface area contributed by atoms with Gasteiger partial charge in [-0.05, 0) is 33.3 Å². The predicted molar refractivity (Wildman–Crippen MR) is 91.3 cm³/mol. The smallest absolute Gasteiger partial charge is 0.335 e. The second-order valence-electron chi connectivity index (χ2n) is 5.92. The average Bonchev–Trinajstić information content (AvgIpc) is 2.56. The van der Waals surface area contributed by atoms with E-state index in [0.29, 0.717) is 12.2 Å². The Bertz CT molecular complexity index is 638. The molecule has 1 aliphatic heterocycles. The zero-order valence-electron chi connectivity index (χ0n) is 14.7. The lowest BCUT2D eigenvalue weighted by molar-refractivity contribution is -0.152. The Labute approximate surface area is 143 Å². The molecule has 0 saturated heterocycles. The third-order valence-corrected chi connectivity index (χ3v) is 4.53. The molecule has 1 heterocycles. The molecule has 1 aliphatic rings. The fraction of sp³-hybridized carbons (Fsp3) is 0.474. The number of hydrogen-bond acceptors (Lipinski definition) is 5. The molecule has 24 heavy (non-hydrogen) atoms. The number of benzene rings is 1. The van der Waals surface area contributed by atoms with Crippen molar-refractivity contribution in [2.75, 3.05) is 13.2 Å². The Kier molecular flexibility index (Phi) is 5.65. The van der Waals surface area contributed by atoms with E-state index >= 15 is 0 Å². The quantitative estimate of drug-likeness (QED) is 0.841. The molecule has 2 rings (SSSR count). The molecule has 0 aromatic heterocycles. The normalized spacial score (nSPS) is 23.4. The second kappa shape index (κ2) is 7.51. The first-order valence-electron chi connectivity index (χ1n) is 8.33. The van der Waals surface area contributed by atoms with E-state index < -0.39 is 5.41 Å².